The van der Waals surface area contributed by atoms with Gasteiger partial charge in [-0.05, 0) is 57.2 Å². The highest BCUT2D eigenvalue weighted by Crippen LogP contribution is 2.35. The van der Waals surface area contributed by atoms with Crippen molar-refractivity contribution in [3.05, 3.63) is 60.4 Å². The van der Waals surface area contributed by atoms with Crippen LogP contribution in [-0.4, -0.2) is 59.7 Å². The van der Waals surface area contributed by atoms with E-state index >= 15 is 0 Å². The molecule has 2 N–H and O–H groups in total. The van der Waals surface area contributed by atoms with Gasteiger partial charge in [-0.1, -0.05) is 0 Å². The minimum Gasteiger partial charge on any atom is -0.444 e. The first-order chi connectivity index (χ1) is 16.6. The first-order valence-electron chi connectivity index (χ1n) is 11.1. The Morgan fingerprint density at radius 3 is 2.46 bits per heavy atom. The van der Waals surface area contributed by atoms with Crippen LogP contribution in [0.25, 0.3) is 28.3 Å². The molecule has 1 aromatic carbocycles. The number of nitrogens with zero attached hydrogens (tertiary/aromatic N) is 6. The lowest BCUT2D eigenvalue weighted by atomic mass is 10.1. The number of hydrogen-bond acceptors (Lipinski definition) is 6. The van der Waals surface area contributed by atoms with E-state index in [1.54, 1.807) is 35.5 Å². The van der Waals surface area contributed by atoms with Crippen LogP contribution in [0, 0.1) is 5.82 Å². The normalized spacial score (nSPS) is 14.2. The predicted octanol–water partition coefficient (Wildman–Crippen LogP) is 3.29. The van der Waals surface area contributed by atoms with E-state index in [9.17, 15) is 14.0 Å². The maximum atomic E-state index is 13.6. The van der Waals surface area contributed by atoms with Gasteiger partial charge >= 0.3 is 6.09 Å². The minimum absolute atomic E-state index is 0.0740. The standard InChI is InChI=1S/C24H24FN7O3/c1-24(2,3)35-23(34)30-11-16(12-30)31-13-28-20(14-4-6-15(25)7-5-14)21(31)17-8-9-19-27-10-18(22(26)33)32(19)29-17/h4-10,13,16H,11-12H2,1-3H3,(H2,26,33). The van der Waals surface area contributed by atoms with Crippen LogP contribution in [0.3, 0.4) is 0 Å². The summed E-state index contributed by atoms with van der Waals surface area (Å²) in [4.78, 5) is 34.7. The Labute approximate surface area is 200 Å². The topological polar surface area (TPSA) is 121 Å². The van der Waals surface area contributed by atoms with E-state index < -0.39 is 11.5 Å². The summed E-state index contributed by atoms with van der Waals surface area (Å²) in [5.41, 5.74) is 7.99. The van der Waals surface area contributed by atoms with E-state index in [2.05, 4.69) is 15.1 Å². The number of amides is 2. The number of imidazole rings is 2. The van der Waals surface area contributed by atoms with Gasteiger partial charge in [0, 0.05) is 18.7 Å². The summed E-state index contributed by atoms with van der Waals surface area (Å²) >= 11 is 0. The molecular weight excluding hydrogens is 453 g/mol. The lowest BCUT2D eigenvalue weighted by Crippen LogP contribution is -2.52. The van der Waals surface area contributed by atoms with Gasteiger partial charge in [0.15, 0.2) is 5.65 Å². The average molecular weight is 478 g/mol. The van der Waals surface area contributed by atoms with Crippen molar-refractivity contribution in [2.45, 2.75) is 32.4 Å². The Morgan fingerprint density at radius 1 is 1.09 bits per heavy atom. The zero-order valence-corrected chi connectivity index (χ0v) is 19.5. The molecule has 2 amide bonds. The smallest absolute Gasteiger partial charge is 0.410 e. The summed E-state index contributed by atoms with van der Waals surface area (Å²) < 4.78 is 22.4. The van der Waals surface area contributed by atoms with Crippen LogP contribution in [0.1, 0.15) is 37.3 Å². The van der Waals surface area contributed by atoms with Crippen LogP contribution >= 0.6 is 0 Å². The van der Waals surface area contributed by atoms with Gasteiger partial charge in [0.1, 0.15) is 22.8 Å². The van der Waals surface area contributed by atoms with Gasteiger partial charge < -0.3 is 19.9 Å². The third-order valence-electron chi connectivity index (χ3n) is 5.68. The van der Waals surface area contributed by atoms with Crippen LogP contribution in [-0.2, 0) is 4.74 Å². The zero-order valence-electron chi connectivity index (χ0n) is 19.5. The van der Waals surface area contributed by atoms with Crippen molar-refractivity contribution >= 4 is 17.6 Å². The van der Waals surface area contributed by atoms with Crippen molar-refractivity contribution in [2.75, 3.05) is 13.1 Å². The second-order valence-electron chi connectivity index (χ2n) is 9.39. The highest BCUT2D eigenvalue weighted by molar-refractivity contribution is 5.91. The number of likely N-dealkylation sites (tertiary alicyclic amines) is 1. The molecule has 0 saturated carbocycles. The van der Waals surface area contributed by atoms with Gasteiger partial charge in [-0.3, -0.25) is 4.79 Å². The van der Waals surface area contributed by atoms with E-state index in [-0.39, 0.29) is 23.6 Å². The summed E-state index contributed by atoms with van der Waals surface area (Å²) in [5.74, 6) is -1.01. The van der Waals surface area contributed by atoms with Crippen molar-refractivity contribution in [2.24, 2.45) is 5.73 Å². The summed E-state index contributed by atoms with van der Waals surface area (Å²) in [6.07, 6.45) is 2.68. The molecule has 1 saturated heterocycles. The van der Waals surface area contributed by atoms with Crippen LogP contribution in [0.4, 0.5) is 9.18 Å². The Hall–Kier alpha value is -4.28. The van der Waals surface area contributed by atoms with E-state index in [1.807, 2.05) is 25.3 Å². The van der Waals surface area contributed by atoms with Crippen LogP contribution in [0.5, 0.6) is 0 Å². The fourth-order valence-electron chi connectivity index (χ4n) is 3.98. The van der Waals surface area contributed by atoms with Gasteiger partial charge in [-0.15, -0.1) is 0 Å². The van der Waals surface area contributed by atoms with E-state index in [0.717, 1.165) is 0 Å². The fraction of sp³-hybridized carbons (Fsp3) is 0.292. The number of rotatable bonds is 4. The summed E-state index contributed by atoms with van der Waals surface area (Å²) in [6, 6.07) is 9.45. The van der Waals surface area contributed by atoms with Crippen molar-refractivity contribution < 1.29 is 18.7 Å². The van der Waals surface area contributed by atoms with Crippen molar-refractivity contribution in [1.29, 1.82) is 0 Å². The molecule has 4 aromatic rings. The Morgan fingerprint density at radius 2 is 1.80 bits per heavy atom. The molecule has 0 radical (unpaired) electrons. The van der Waals surface area contributed by atoms with Gasteiger partial charge in [0.2, 0.25) is 0 Å². The molecule has 5 rings (SSSR count). The van der Waals surface area contributed by atoms with Gasteiger partial charge in [-0.2, -0.15) is 5.10 Å². The molecule has 11 heteroatoms. The van der Waals surface area contributed by atoms with Crippen molar-refractivity contribution in [1.82, 2.24) is 29.0 Å². The molecule has 0 unspecified atom stereocenters. The monoisotopic (exact) mass is 477 g/mol. The summed E-state index contributed by atoms with van der Waals surface area (Å²) in [7, 11) is 0. The van der Waals surface area contributed by atoms with E-state index in [1.165, 1.54) is 22.8 Å². The molecule has 3 aromatic heterocycles. The molecular formula is C24H24FN7O3. The zero-order chi connectivity index (χ0) is 24.9. The molecule has 180 valence electrons. The van der Waals surface area contributed by atoms with E-state index in [0.29, 0.717) is 41.4 Å². The van der Waals surface area contributed by atoms with Gasteiger partial charge in [0.25, 0.3) is 5.91 Å². The molecule has 35 heavy (non-hydrogen) atoms. The maximum Gasteiger partial charge on any atom is 0.410 e. The predicted molar refractivity (Wildman–Crippen MR) is 125 cm³/mol. The largest absolute Gasteiger partial charge is 0.444 e. The van der Waals surface area contributed by atoms with Crippen molar-refractivity contribution in [3.63, 3.8) is 0 Å². The maximum absolute atomic E-state index is 13.6. The second-order valence-corrected chi connectivity index (χ2v) is 9.39. The average Bonchev–Trinajstić information content (AvgIpc) is 3.36. The Kier molecular flexibility index (Phi) is 5.27. The minimum atomic E-state index is -0.651. The SMILES string of the molecule is CC(C)(C)OC(=O)N1CC(n2cnc(-c3ccc(F)cc3)c2-c2ccc3ncc(C(N)=O)n3n2)C1. The molecule has 4 heterocycles. The number of carbonyl (C=O) groups excluding carboxylic acids is 2. The molecule has 1 aliphatic rings. The third-order valence-corrected chi connectivity index (χ3v) is 5.68. The quantitative estimate of drug-likeness (QED) is 0.482. The molecule has 1 fully saturated rings. The number of fused-ring (bicyclic) bond motifs is 1. The Bertz CT molecular complexity index is 1430. The van der Waals surface area contributed by atoms with Crippen LogP contribution in [0.15, 0.2) is 48.9 Å². The molecule has 0 bridgehead atoms. The van der Waals surface area contributed by atoms with Crippen LogP contribution in [0.2, 0.25) is 0 Å². The molecule has 0 spiro atoms. The first kappa shape index (κ1) is 22.5. The molecule has 0 atom stereocenters. The number of aromatic nitrogens is 5. The molecule has 10 nitrogen and oxygen atoms in total. The highest BCUT2D eigenvalue weighted by Gasteiger charge is 2.36. The van der Waals surface area contributed by atoms with Crippen molar-refractivity contribution in [3.8, 4) is 22.6 Å². The summed E-state index contributed by atoms with van der Waals surface area (Å²) in [5, 5.41) is 4.62. The van der Waals surface area contributed by atoms with Gasteiger partial charge in [-0.25, -0.2) is 23.7 Å². The third kappa shape index (κ3) is 4.20. The second kappa shape index (κ2) is 8.19. The number of carbonyl (C=O) groups is 2. The number of benzene rings is 1. The van der Waals surface area contributed by atoms with Gasteiger partial charge in [0.05, 0.1) is 30.0 Å². The van der Waals surface area contributed by atoms with Crippen LogP contribution < -0.4 is 5.73 Å². The molecule has 0 aliphatic carbocycles. The van der Waals surface area contributed by atoms with E-state index in [4.69, 9.17) is 10.5 Å². The first-order valence-corrected chi connectivity index (χ1v) is 11.1. The number of hydrogen-bond donors (Lipinski definition) is 1. The number of nitrogens with two attached hydrogens (primary N) is 1. The lowest BCUT2D eigenvalue weighted by molar-refractivity contribution is 0.00122. The highest BCUT2D eigenvalue weighted by atomic mass is 19.1. The lowest BCUT2D eigenvalue weighted by Gasteiger charge is -2.40. The Balaban J connectivity index is 1.55. The number of primary amides is 1. The number of ether oxygens (including phenoxy) is 1. The number of halogens is 1. The molecule has 1 aliphatic heterocycles. The fourth-order valence-corrected chi connectivity index (χ4v) is 3.98. The summed E-state index contributed by atoms with van der Waals surface area (Å²) in [6.45, 7) is 6.33.